The number of nitrogens with two attached hydrogens (primary N) is 1. The molecule has 2 N–H and O–H groups in total. The van der Waals surface area contributed by atoms with E-state index in [4.69, 9.17) is 5.14 Å². The van der Waals surface area contributed by atoms with Crippen molar-refractivity contribution < 1.29 is 8.42 Å². The molecule has 0 aliphatic heterocycles. The number of hydrogen-bond donors (Lipinski definition) is 1. The van der Waals surface area contributed by atoms with E-state index in [1.165, 1.54) is 0 Å². The topological polar surface area (TPSA) is 63.4 Å². The third kappa shape index (κ3) is 2.63. The van der Waals surface area contributed by atoms with Gasteiger partial charge < -0.3 is 0 Å². The number of rotatable bonds is 3. The van der Waals surface area contributed by atoms with Crippen molar-refractivity contribution in [1.82, 2.24) is 0 Å². The minimum absolute atomic E-state index is 0.561. The fourth-order valence-corrected chi connectivity index (χ4v) is 2.60. The van der Waals surface area contributed by atoms with Crippen LogP contribution in [0.1, 0.15) is 5.56 Å². The van der Waals surface area contributed by atoms with Gasteiger partial charge in [-0.05, 0) is 31.0 Å². The lowest BCUT2D eigenvalue weighted by Gasteiger charge is -2.17. The Morgan fingerprint density at radius 1 is 1.29 bits per heavy atom. The maximum Gasteiger partial charge on any atom is 0.308 e. The highest BCUT2D eigenvalue weighted by atomic mass is 32.3. The van der Waals surface area contributed by atoms with Crippen LogP contribution in [0.2, 0.25) is 0 Å². The van der Waals surface area contributed by atoms with E-state index in [0.717, 1.165) is 21.2 Å². The first kappa shape index (κ1) is 11.4. The Kier molecular flexibility index (Phi) is 3.41. The molecule has 1 aromatic rings. The molecule has 0 radical (unpaired) electrons. The molecule has 4 nitrogen and oxygen atoms in total. The van der Waals surface area contributed by atoms with Gasteiger partial charge in [0.15, 0.2) is 0 Å². The highest BCUT2D eigenvalue weighted by molar-refractivity contribution is 8.13. The fraction of sp³-hybridized carbons (Fsp3) is 0.250. The van der Waals surface area contributed by atoms with Crippen LogP contribution in [0.25, 0.3) is 0 Å². The van der Waals surface area contributed by atoms with Gasteiger partial charge in [0.25, 0.3) is 0 Å². The molecule has 1 aromatic carbocycles. The van der Waals surface area contributed by atoms with Crippen molar-refractivity contribution in [3.63, 3.8) is 0 Å². The summed E-state index contributed by atoms with van der Waals surface area (Å²) >= 11 is 1.06. The molecule has 0 amide bonds. The second-order valence-corrected chi connectivity index (χ2v) is 5.15. The van der Waals surface area contributed by atoms with Crippen molar-refractivity contribution in [3.8, 4) is 0 Å². The lowest BCUT2D eigenvalue weighted by Crippen LogP contribution is -2.30. The molecule has 6 heteroatoms. The van der Waals surface area contributed by atoms with Crippen molar-refractivity contribution in [1.29, 1.82) is 0 Å². The van der Waals surface area contributed by atoms with Crippen molar-refractivity contribution in [2.45, 2.75) is 6.92 Å². The molecule has 0 aromatic heterocycles. The zero-order valence-corrected chi connectivity index (χ0v) is 9.60. The molecule has 0 bridgehead atoms. The Hall–Kier alpha value is -0.720. The second-order valence-electron chi connectivity index (χ2n) is 2.79. The summed E-state index contributed by atoms with van der Waals surface area (Å²) in [7, 11) is -3.68. The second kappa shape index (κ2) is 4.20. The molecule has 14 heavy (non-hydrogen) atoms. The quantitative estimate of drug-likeness (QED) is 0.799. The summed E-state index contributed by atoms with van der Waals surface area (Å²) in [6.07, 6.45) is 1.66. The smallest absolute Gasteiger partial charge is 0.210 e. The summed E-state index contributed by atoms with van der Waals surface area (Å²) in [5, 5.41) is 5.04. The molecule has 0 aliphatic carbocycles. The Morgan fingerprint density at radius 2 is 1.79 bits per heavy atom. The Bertz CT molecular complexity index is 400. The zero-order chi connectivity index (χ0) is 10.8. The van der Waals surface area contributed by atoms with E-state index in [1.54, 1.807) is 18.4 Å². The van der Waals surface area contributed by atoms with Gasteiger partial charge in [0.05, 0.1) is 5.69 Å². The first-order valence-corrected chi connectivity index (χ1v) is 6.57. The van der Waals surface area contributed by atoms with E-state index in [9.17, 15) is 8.42 Å². The van der Waals surface area contributed by atoms with Crippen LogP contribution in [0, 0.1) is 6.92 Å². The third-order valence-electron chi connectivity index (χ3n) is 1.64. The van der Waals surface area contributed by atoms with Gasteiger partial charge in [-0.1, -0.05) is 17.7 Å². The SMILES string of the molecule is CSN(c1ccc(C)cc1)S(N)(=O)=O. The van der Waals surface area contributed by atoms with Crippen LogP contribution in [0.15, 0.2) is 24.3 Å². The molecular weight excluding hydrogens is 220 g/mol. The van der Waals surface area contributed by atoms with Crippen molar-refractivity contribution >= 4 is 27.8 Å². The van der Waals surface area contributed by atoms with Gasteiger partial charge in [0.2, 0.25) is 0 Å². The van der Waals surface area contributed by atoms with Crippen molar-refractivity contribution in [3.05, 3.63) is 29.8 Å². The third-order valence-corrected chi connectivity index (χ3v) is 3.93. The van der Waals surface area contributed by atoms with Crippen LogP contribution >= 0.6 is 11.9 Å². The van der Waals surface area contributed by atoms with Gasteiger partial charge >= 0.3 is 10.2 Å². The Labute approximate surface area is 88.4 Å². The van der Waals surface area contributed by atoms with Gasteiger partial charge in [-0.3, -0.25) is 0 Å². The molecule has 0 saturated heterocycles. The van der Waals surface area contributed by atoms with Crippen LogP contribution in [-0.4, -0.2) is 14.7 Å². The summed E-state index contributed by atoms with van der Waals surface area (Å²) in [6, 6.07) is 7.11. The molecule has 0 atom stereocenters. The highest BCUT2D eigenvalue weighted by Gasteiger charge is 2.16. The lowest BCUT2D eigenvalue weighted by atomic mass is 10.2. The number of aryl methyl sites for hydroxylation is 1. The van der Waals surface area contributed by atoms with Crippen LogP contribution in [-0.2, 0) is 10.2 Å². The van der Waals surface area contributed by atoms with E-state index in [0.29, 0.717) is 5.69 Å². The predicted octanol–water partition coefficient (Wildman–Crippen LogP) is 1.28. The first-order valence-electron chi connectivity index (χ1n) is 3.89. The fourth-order valence-electron chi connectivity index (χ4n) is 1.02. The molecule has 0 unspecified atom stereocenters. The van der Waals surface area contributed by atoms with Gasteiger partial charge in [-0.15, -0.1) is 0 Å². The van der Waals surface area contributed by atoms with Gasteiger partial charge in [0.1, 0.15) is 0 Å². The van der Waals surface area contributed by atoms with Gasteiger partial charge in [-0.2, -0.15) is 12.1 Å². The van der Waals surface area contributed by atoms with E-state index in [1.807, 2.05) is 19.1 Å². The molecule has 0 fully saturated rings. The molecule has 78 valence electrons. The normalized spacial score (nSPS) is 11.4. The van der Waals surface area contributed by atoms with Crippen LogP contribution in [0.4, 0.5) is 5.69 Å². The molecule has 0 saturated carbocycles. The monoisotopic (exact) mass is 232 g/mol. The summed E-state index contributed by atoms with van der Waals surface area (Å²) in [6.45, 7) is 1.93. The molecule has 0 heterocycles. The Morgan fingerprint density at radius 3 is 2.14 bits per heavy atom. The zero-order valence-electron chi connectivity index (χ0n) is 7.97. The highest BCUT2D eigenvalue weighted by Crippen LogP contribution is 2.22. The maximum absolute atomic E-state index is 11.1. The van der Waals surface area contributed by atoms with Gasteiger partial charge in [-0.25, -0.2) is 5.14 Å². The molecule has 1 rings (SSSR count). The van der Waals surface area contributed by atoms with Crippen LogP contribution in [0.5, 0.6) is 0 Å². The lowest BCUT2D eigenvalue weighted by molar-refractivity contribution is 0.600. The van der Waals surface area contributed by atoms with Crippen molar-refractivity contribution in [2.24, 2.45) is 5.14 Å². The molecule has 0 aliphatic rings. The summed E-state index contributed by atoms with van der Waals surface area (Å²) < 4.78 is 23.3. The number of hydrogen-bond acceptors (Lipinski definition) is 3. The predicted molar refractivity (Wildman–Crippen MR) is 60.3 cm³/mol. The maximum atomic E-state index is 11.1. The van der Waals surface area contributed by atoms with E-state index < -0.39 is 10.2 Å². The van der Waals surface area contributed by atoms with Crippen LogP contribution < -0.4 is 8.85 Å². The van der Waals surface area contributed by atoms with Crippen LogP contribution in [0.3, 0.4) is 0 Å². The Balaban J connectivity index is 3.08. The first-order chi connectivity index (χ1) is 6.45. The standard InChI is InChI=1S/C8H12N2O2S2/c1-7-3-5-8(6-4-7)10(13-2)14(9,11)12/h3-6H,1-2H3,(H2,9,11,12). The average molecular weight is 232 g/mol. The van der Waals surface area contributed by atoms with Crippen molar-refractivity contribution in [2.75, 3.05) is 9.97 Å². The number of anilines is 1. The summed E-state index contributed by atoms with van der Waals surface area (Å²) in [5.41, 5.74) is 1.63. The summed E-state index contributed by atoms with van der Waals surface area (Å²) in [5.74, 6) is 0. The minimum Gasteiger partial charge on any atom is -0.210 e. The van der Waals surface area contributed by atoms with E-state index in [2.05, 4.69) is 0 Å². The van der Waals surface area contributed by atoms with E-state index in [-0.39, 0.29) is 0 Å². The van der Waals surface area contributed by atoms with E-state index >= 15 is 0 Å². The summed E-state index contributed by atoms with van der Waals surface area (Å²) in [4.78, 5) is 0. The molecular formula is C8H12N2O2S2. The average Bonchev–Trinajstić information content (AvgIpc) is 2.07. The van der Waals surface area contributed by atoms with Gasteiger partial charge in [0, 0.05) is 6.26 Å². The molecule has 0 spiro atoms. The number of benzene rings is 1. The largest absolute Gasteiger partial charge is 0.308 e. The number of nitrogens with zero attached hydrogens (tertiary/aromatic N) is 1. The minimum atomic E-state index is -3.68.